The van der Waals surface area contributed by atoms with E-state index in [1.54, 1.807) is 0 Å². The molecule has 19 heavy (non-hydrogen) atoms. The van der Waals surface area contributed by atoms with Gasteiger partial charge in [-0.3, -0.25) is 10.1 Å². The Balaban J connectivity index is 2.28. The highest BCUT2D eigenvalue weighted by atomic mass is 19.1. The van der Waals surface area contributed by atoms with Gasteiger partial charge in [0.05, 0.1) is 22.7 Å². The van der Waals surface area contributed by atoms with Gasteiger partial charge in [0.1, 0.15) is 11.5 Å². The Bertz CT molecular complexity index is 530. The molecule has 0 amide bonds. The van der Waals surface area contributed by atoms with Crippen LogP contribution in [-0.4, -0.2) is 35.3 Å². The zero-order chi connectivity index (χ0) is 14.0. The van der Waals surface area contributed by atoms with E-state index in [0.717, 1.165) is 12.5 Å². The minimum absolute atomic E-state index is 0.0284. The van der Waals surface area contributed by atoms with E-state index >= 15 is 0 Å². The highest BCUT2D eigenvalue weighted by molar-refractivity contribution is 5.90. The van der Waals surface area contributed by atoms with Crippen molar-refractivity contribution in [2.45, 2.75) is 12.5 Å². The van der Waals surface area contributed by atoms with Crippen LogP contribution in [0.3, 0.4) is 0 Å². The number of hydrogen-bond donors (Lipinski definition) is 2. The molecule has 1 saturated heterocycles. The Morgan fingerprint density at radius 1 is 1.63 bits per heavy atom. The molecule has 1 aliphatic rings. The Morgan fingerprint density at radius 3 is 2.79 bits per heavy atom. The molecule has 0 radical (unpaired) electrons. The summed E-state index contributed by atoms with van der Waals surface area (Å²) >= 11 is 0. The van der Waals surface area contributed by atoms with Crippen LogP contribution in [0.15, 0.2) is 12.1 Å². The van der Waals surface area contributed by atoms with Crippen molar-refractivity contribution < 1.29 is 24.0 Å². The molecule has 0 aliphatic carbocycles. The molecule has 1 heterocycles. The number of nitro groups is 1. The van der Waals surface area contributed by atoms with Gasteiger partial charge in [0.2, 0.25) is 0 Å². The number of carboxylic acid groups (broad SMARTS) is 1. The number of carboxylic acids is 1. The molecule has 1 aromatic rings. The van der Waals surface area contributed by atoms with E-state index < -0.39 is 28.0 Å². The molecule has 0 saturated carbocycles. The van der Waals surface area contributed by atoms with Crippen molar-refractivity contribution in [2.24, 2.45) is 0 Å². The number of nitrogens with one attached hydrogen (secondary N) is 1. The van der Waals surface area contributed by atoms with Gasteiger partial charge in [0.15, 0.2) is 0 Å². The standard InChI is InChI=1S/C11H11FN2O5/c12-8-4-10(14(17)18)9(3-7(8)11(15)16)13-5-6-1-2-19-6/h3-4,6,13H,1-2,5H2,(H,15,16). The number of aromatic carboxylic acids is 1. The van der Waals surface area contributed by atoms with Crippen LogP contribution >= 0.6 is 0 Å². The highest BCUT2D eigenvalue weighted by Crippen LogP contribution is 2.28. The van der Waals surface area contributed by atoms with Crippen molar-refractivity contribution in [3.05, 3.63) is 33.6 Å². The monoisotopic (exact) mass is 270 g/mol. The maximum absolute atomic E-state index is 13.4. The van der Waals surface area contributed by atoms with Gasteiger partial charge in [-0.25, -0.2) is 9.18 Å². The molecular formula is C11H11FN2O5. The van der Waals surface area contributed by atoms with Crippen molar-refractivity contribution >= 4 is 17.3 Å². The van der Waals surface area contributed by atoms with Gasteiger partial charge >= 0.3 is 5.97 Å². The maximum Gasteiger partial charge on any atom is 0.338 e. The molecule has 7 nitrogen and oxygen atoms in total. The summed E-state index contributed by atoms with van der Waals surface area (Å²) in [5.74, 6) is -2.61. The van der Waals surface area contributed by atoms with Crippen LogP contribution in [0.2, 0.25) is 0 Å². The van der Waals surface area contributed by atoms with Gasteiger partial charge in [-0.1, -0.05) is 0 Å². The molecule has 1 aliphatic heterocycles. The molecule has 0 aromatic heterocycles. The molecule has 1 aromatic carbocycles. The molecule has 0 spiro atoms. The molecule has 1 unspecified atom stereocenters. The van der Waals surface area contributed by atoms with E-state index in [1.807, 2.05) is 0 Å². The zero-order valence-corrected chi connectivity index (χ0v) is 9.76. The second-order valence-corrected chi connectivity index (χ2v) is 4.07. The lowest BCUT2D eigenvalue weighted by Crippen LogP contribution is -2.33. The first-order valence-electron chi connectivity index (χ1n) is 5.55. The average molecular weight is 270 g/mol. The summed E-state index contributed by atoms with van der Waals surface area (Å²) in [5.41, 5.74) is -1.14. The Labute approximate surface area is 107 Å². The smallest absolute Gasteiger partial charge is 0.338 e. The second-order valence-electron chi connectivity index (χ2n) is 4.07. The normalized spacial score (nSPS) is 17.6. The number of benzene rings is 1. The van der Waals surface area contributed by atoms with E-state index in [9.17, 15) is 19.3 Å². The fourth-order valence-electron chi connectivity index (χ4n) is 1.69. The summed E-state index contributed by atoms with van der Waals surface area (Å²) in [6.07, 6.45) is 0.770. The summed E-state index contributed by atoms with van der Waals surface area (Å²) < 4.78 is 18.5. The summed E-state index contributed by atoms with van der Waals surface area (Å²) in [6, 6.07) is 1.53. The lowest BCUT2D eigenvalue weighted by Gasteiger charge is -2.26. The van der Waals surface area contributed by atoms with Gasteiger partial charge in [-0.15, -0.1) is 0 Å². The first-order valence-corrected chi connectivity index (χ1v) is 5.55. The summed E-state index contributed by atoms with van der Waals surface area (Å²) in [4.78, 5) is 20.8. The Morgan fingerprint density at radius 2 is 2.32 bits per heavy atom. The highest BCUT2D eigenvalue weighted by Gasteiger charge is 2.23. The number of halogens is 1. The minimum atomic E-state index is -1.48. The molecule has 2 rings (SSSR count). The van der Waals surface area contributed by atoms with Crippen LogP contribution in [0.5, 0.6) is 0 Å². The first kappa shape index (κ1) is 13.2. The third-order valence-corrected chi connectivity index (χ3v) is 2.83. The number of rotatable bonds is 5. The molecule has 0 bridgehead atoms. The predicted molar refractivity (Wildman–Crippen MR) is 62.9 cm³/mol. The first-order chi connectivity index (χ1) is 8.99. The fourth-order valence-corrected chi connectivity index (χ4v) is 1.69. The van der Waals surface area contributed by atoms with Crippen LogP contribution in [0.4, 0.5) is 15.8 Å². The van der Waals surface area contributed by atoms with Gasteiger partial charge in [-0.2, -0.15) is 0 Å². The lowest BCUT2D eigenvalue weighted by molar-refractivity contribution is -0.384. The quantitative estimate of drug-likeness (QED) is 0.622. The van der Waals surface area contributed by atoms with E-state index in [0.29, 0.717) is 19.2 Å². The molecule has 2 N–H and O–H groups in total. The van der Waals surface area contributed by atoms with Gasteiger partial charge < -0.3 is 15.2 Å². The van der Waals surface area contributed by atoms with E-state index in [1.165, 1.54) is 0 Å². The number of carbonyl (C=O) groups is 1. The average Bonchev–Trinajstić information content (AvgIpc) is 2.27. The number of nitro benzene ring substituents is 1. The zero-order valence-electron chi connectivity index (χ0n) is 9.76. The van der Waals surface area contributed by atoms with E-state index in [-0.39, 0.29) is 11.8 Å². The summed E-state index contributed by atoms with van der Waals surface area (Å²) in [5, 5.41) is 22.3. The van der Waals surface area contributed by atoms with Gasteiger partial charge in [0, 0.05) is 13.2 Å². The van der Waals surface area contributed by atoms with E-state index in [2.05, 4.69) is 5.32 Å². The third kappa shape index (κ3) is 2.79. The van der Waals surface area contributed by atoms with Crippen LogP contribution in [0.25, 0.3) is 0 Å². The molecule has 1 fully saturated rings. The predicted octanol–water partition coefficient (Wildman–Crippen LogP) is 1.63. The van der Waals surface area contributed by atoms with Gasteiger partial charge in [-0.05, 0) is 12.5 Å². The summed E-state index contributed by atoms with van der Waals surface area (Å²) in [7, 11) is 0. The Kier molecular flexibility index (Phi) is 3.61. The molecule has 102 valence electrons. The van der Waals surface area contributed by atoms with Crippen LogP contribution in [0.1, 0.15) is 16.8 Å². The molecule has 8 heteroatoms. The van der Waals surface area contributed by atoms with Crippen molar-refractivity contribution in [1.29, 1.82) is 0 Å². The second kappa shape index (κ2) is 5.19. The number of hydrogen-bond acceptors (Lipinski definition) is 5. The number of nitrogens with zero attached hydrogens (tertiary/aromatic N) is 1. The number of ether oxygens (including phenoxy) is 1. The van der Waals surface area contributed by atoms with Crippen molar-refractivity contribution in [2.75, 3.05) is 18.5 Å². The minimum Gasteiger partial charge on any atom is -0.478 e. The van der Waals surface area contributed by atoms with Crippen LogP contribution in [-0.2, 0) is 4.74 Å². The third-order valence-electron chi connectivity index (χ3n) is 2.83. The Hall–Kier alpha value is -2.22. The topological polar surface area (TPSA) is 102 Å². The van der Waals surface area contributed by atoms with Crippen LogP contribution < -0.4 is 5.32 Å². The lowest BCUT2D eigenvalue weighted by atomic mass is 10.1. The van der Waals surface area contributed by atoms with Crippen molar-refractivity contribution in [3.63, 3.8) is 0 Å². The maximum atomic E-state index is 13.4. The fraction of sp³-hybridized carbons (Fsp3) is 0.364. The van der Waals surface area contributed by atoms with Crippen molar-refractivity contribution in [3.8, 4) is 0 Å². The van der Waals surface area contributed by atoms with Crippen molar-refractivity contribution in [1.82, 2.24) is 0 Å². The number of anilines is 1. The largest absolute Gasteiger partial charge is 0.478 e. The van der Waals surface area contributed by atoms with Crippen LogP contribution in [0, 0.1) is 15.9 Å². The van der Waals surface area contributed by atoms with E-state index in [4.69, 9.17) is 9.84 Å². The summed E-state index contributed by atoms with van der Waals surface area (Å²) in [6.45, 7) is 0.948. The SMILES string of the molecule is O=C(O)c1cc(NCC2CCO2)c([N+](=O)[O-])cc1F. The molecular weight excluding hydrogens is 259 g/mol. The molecule has 1 atom stereocenters. The van der Waals surface area contributed by atoms with Gasteiger partial charge in [0.25, 0.3) is 5.69 Å².